The number of nitrogens with one attached hydrogen (secondary N) is 3. The zero-order valence-corrected chi connectivity index (χ0v) is 22.1. The first kappa shape index (κ1) is 28.6. The SMILES string of the molecule is C/C=C\C(=C/CNC(=O)c1ccccc1)NCSCNC(=O)c1cc(OC)c(OCC)c(OCC)c1. The Hall–Kier alpha value is -3.59. The molecule has 2 aromatic carbocycles. The zero-order chi connectivity index (χ0) is 26.2. The van der Waals surface area contributed by atoms with Crippen LogP contribution in [-0.4, -0.2) is 50.4 Å². The molecule has 0 heterocycles. The number of carbonyl (C=O) groups is 2. The van der Waals surface area contributed by atoms with Gasteiger partial charge in [-0.25, -0.2) is 0 Å². The molecule has 2 amide bonds. The third-order valence-electron chi connectivity index (χ3n) is 4.77. The minimum Gasteiger partial charge on any atom is -0.493 e. The van der Waals surface area contributed by atoms with Crippen LogP contribution in [0.2, 0.25) is 0 Å². The number of benzene rings is 2. The normalized spacial score (nSPS) is 11.2. The molecular weight excluding hydrogens is 478 g/mol. The molecule has 0 unspecified atom stereocenters. The first-order valence-corrected chi connectivity index (χ1v) is 12.9. The quantitative estimate of drug-likeness (QED) is 0.185. The molecule has 3 N–H and O–H groups in total. The number of allylic oxidation sites excluding steroid dienone is 2. The first-order chi connectivity index (χ1) is 17.5. The van der Waals surface area contributed by atoms with Crippen molar-refractivity contribution in [2.75, 3.05) is 38.6 Å². The number of thioether (sulfide) groups is 1. The van der Waals surface area contributed by atoms with E-state index < -0.39 is 0 Å². The molecule has 0 aliphatic carbocycles. The van der Waals surface area contributed by atoms with Crippen molar-refractivity contribution >= 4 is 23.6 Å². The van der Waals surface area contributed by atoms with Crippen LogP contribution in [0.1, 0.15) is 41.5 Å². The summed E-state index contributed by atoms with van der Waals surface area (Å²) in [6.45, 7) is 6.95. The molecule has 0 spiro atoms. The molecule has 194 valence electrons. The lowest BCUT2D eigenvalue weighted by Gasteiger charge is -2.16. The summed E-state index contributed by atoms with van der Waals surface area (Å²) in [5.41, 5.74) is 1.93. The summed E-state index contributed by atoms with van der Waals surface area (Å²) >= 11 is 1.51. The van der Waals surface area contributed by atoms with E-state index in [1.165, 1.54) is 18.9 Å². The Morgan fingerprint density at radius 1 is 0.889 bits per heavy atom. The van der Waals surface area contributed by atoms with Gasteiger partial charge in [-0.15, -0.1) is 11.8 Å². The second-order valence-corrected chi connectivity index (χ2v) is 8.27. The van der Waals surface area contributed by atoms with Gasteiger partial charge >= 0.3 is 0 Å². The van der Waals surface area contributed by atoms with Crippen LogP contribution in [0.25, 0.3) is 0 Å². The summed E-state index contributed by atoms with van der Waals surface area (Å²) in [5, 5.41) is 9.06. The smallest absolute Gasteiger partial charge is 0.252 e. The number of carbonyl (C=O) groups excluding carboxylic acids is 2. The van der Waals surface area contributed by atoms with Crippen LogP contribution in [0.3, 0.4) is 0 Å². The maximum atomic E-state index is 12.7. The molecule has 0 aromatic heterocycles. The highest BCUT2D eigenvalue weighted by molar-refractivity contribution is 7.99. The number of hydrogen-bond acceptors (Lipinski definition) is 7. The van der Waals surface area contributed by atoms with Crippen LogP contribution in [-0.2, 0) is 0 Å². The van der Waals surface area contributed by atoms with Gasteiger partial charge in [0.05, 0.1) is 32.1 Å². The second kappa shape index (κ2) is 16.1. The Morgan fingerprint density at radius 2 is 1.56 bits per heavy atom. The Morgan fingerprint density at radius 3 is 2.22 bits per heavy atom. The van der Waals surface area contributed by atoms with Crippen molar-refractivity contribution < 1.29 is 23.8 Å². The monoisotopic (exact) mass is 513 g/mol. The van der Waals surface area contributed by atoms with Gasteiger partial charge in [-0.1, -0.05) is 24.3 Å². The minimum atomic E-state index is -0.238. The van der Waals surface area contributed by atoms with Crippen molar-refractivity contribution in [1.82, 2.24) is 16.0 Å². The fourth-order valence-corrected chi connectivity index (χ4v) is 3.74. The molecule has 0 fully saturated rings. The van der Waals surface area contributed by atoms with Crippen LogP contribution in [0.4, 0.5) is 0 Å². The Balaban J connectivity index is 1.85. The van der Waals surface area contributed by atoms with E-state index >= 15 is 0 Å². The van der Waals surface area contributed by atoms with Crippen LogP contribution >= 0.6 is 11.8 Å². The van der Waals surface area contributed by atoms with Crippen LogP contribution in [0.5, 0.6) is 17.2 Å². The molecule has 8 nitrogen and oxygen atoms in total. The van der Waals surface area contributed by atoms with E-state index in [4.69, 9.17) is 14.2 Å². The predicted molar refractivity (Wildman–Crippen MR) is 145 cm³/mol. The Kier molecular flexibility index (Phi) is 12.9. The first-order valence-electron chi connectivity index (χ1n) is 11.8. The molecule has 0 aliphatic rings. The van der Waals surface area contributed by atoms with Gasteiger partial charge in [0, 0.05) is 23.4 Å². The number of amides is 2. The van der Waals surface area contributed by atoms with Crippen molar-refractivity contribution in [3.8, 4) is 17.2 Å². The molecule has 36 heavy (non-hydrogen) atoms. The Bertz CT molecular complexity index is 1040. The average Bonchev–Trinajstić information content (AvgIpc) is 2.89. The highest BCUT2D eigenvalue weighted by Gasteiger charge is 2.17. The maximum Gasteiger partial charge on any atom is 0.252 e. The fraction of sp³-hybridized carbons (Fsp3) is 0.333. The predicted octanol–water partition coefficient (Wildman–Crippen LogP) is 4.35. The number of ether oxygens (including phenoxy) is 3. The lowest BCUT2D eigenvalue weighted by atomic mass is 10.1. The topological polar surface area (TPSA) is 97.9 Å². The van der Waals surface area contributed by atoms with Crippen molar-refractivity contribution in [2.45, 2.75) is 20.8 Å². The number of rotatable bonds is 15. The summed E-state index contributed by atoms with van der Waals surface area (Å²) in [4.78, 5) is 24.9. The molecule has 2 aromatic rings. The highest BCUT2D eigenvalue weighted by atomic mass is 32.2. The van der Waals surface area contributed by atoms with Crippen molar-refractivity contribution in [1.29, 1.82) is 0 Å². The molecule has 9 heteroatoms. The fourth-order valence-electron chi connectivity index (χ4n) is 3.14. The highest BCUT2D eigenvalue weighted by Crippen LogP contribution is 2.38. The van der Waals surface area contributed by atoms with E-state index in [0.717, 1.165) is 5.70 Å². The van der Waals surface area contributed by atoms with Gasteiger partial charge in [0.15, 0.2) is 11.5 Å². The van der Waals surface area contributed by atoms with Crippen LogP contribution in [0, 0.1) is 0 Å². The van der Waals surface area contributed by atoms with Crippen LogP contribution < -0.4 is 30.2 Å². The average molecular weight is 514 g/mol. The minimum absolute atomic E-state index is 0.123. The summed E-state index contributed by atoms with van der Waals surface area (Å²) < 4.78 is 16.7. The lowest BCUT2D eigenvalue weighted by Crippen LogP contribution is -2.25. The van der Waals surface area contributed by atoms with E-state index in [9.17, 15) is 9.59 Å². The summed E-state index contributed by atoms with van der Waals surface area (Å²) in [6, 6.07) is 12.4. The van der Waals surface area contributed by atoms with E-state index in [1.807, 2.05) is 57.2 Å². The number of hydrogen-bond donors (Lipinski definition) is 3. The summed E-state index contributed by atoms with van der Waals surface area (Å²) in [7, 11) is 1.53. The number of methoxy groups -OCH3 is 1. The van der Waals surface area contributed by atoms with Gasteiger partial charge < -0.3 is 30.2 Å². The van der Waals surface area contributed by atoms with E-state index in [-0.39, 0.29) is 11.8 Å². The van der Waals surface area contributed by atoms with E-state index in [2.05, 4.69) is 16.0 Å². The van der Waals surface area contributed by atoms with Gasteiger partial charge in [0.2, 0.25) is 5.75 Å². The van der Waals surface area contributed by atoms with Gasteiger partial charge in [-0.3, -0.25) is 9.59 Å². The lowest BCUT2D eigenvalue weighted by molar-refractivity contribution is 0.0951. The summed E-state index contributed by atoms with van der Waals surface area (Å²) in [5.74, 6) is 2.01. The summed E-state index contributed by atoms with van der Waals surface area (Å²) in [6.07, 6.45) is 5.75. The largest absolute Gasteiger partial charge is 0.493 e. The molecule has 0 aliphatic heterocycles. The van der Waals surface area contributed by atoms with Gasteiger partial charge in [-0.2, -0.15) is 0 Å². The maximum absolute atomic E-state index is 12.7. The standard InChI is InChI=1S/C27H35N3O5S/c1-5-11-22(14-15-28-26(31)20-12-9-8-10-13-20)29-18-36-19-30-27(32)21-16-23(33-4)25(35-7-3)24(17-21)34-6-2/h5,8-14,16-17,29H,6-7,15,18-19H2,1-4H3,(H,28,31)(H,30,32)/b11-5-,22-14+. The molecule has 0 atom stereocenters. The molecule has 0 saturated carbocycles. The third kappa shape index (κ3) is 9.22. The Labute approximate surface area is 217 Å². The molecule has 0 radical (unpaired) electrons. The van der Waals surface area contributed by atoms with E-state index in [1.54, 1.807) is 24.3 Å². The zero-order valence-electron chi connectivity index (χ0n) is 21.3. The second-order valence-electron chi connectivity index (χ2n) is 7.28. The van der Waals surface area contributed by atoms with Gasteiger partial charge in [0.25, 0.3) is 11.8 Å². The van der Waals surface area contributed by atoms with Crippen molar-refractivity contribution in [2.24, 2.45) is 0 Å². The van der Waals surface area contributed by atoms with Crippen molar-refractivity contribution in [3.63, 3.8) is 0 Å². The molecule has 0 bridgehead atoms. The van der Waals surface area contributed by atoms with Gasteiger partial charge in [-0.05, 0) is 57.2 Å². The third-order valence-corrected chi connectivity index (χ3v) is 5.47. The van der Waals surface area contributed by atoms with Gasteiger partial charge in [0.1, 0.15) is 0 Å². The van der Waals surface area contributed by atoms with Crippen LogP contribution in [0.15, 0.2) is 66.4 Å². The molecule has 2 rings (SSSR count). The van der Waals surface area contributed by atoms with E-state index in [0.29, 0.717) is 59.9 Å². The molecule has 0 saturated heterocycles. The molecular formula is C27H35N3O5S. The van der Waals surface area contributed by atoms with Crippen molar-refractivity contribution in [3.05, 3.63) is 77.5 Å².